The smallest absolute Gasteiger partial charge is 0.322 e. The van der Waals surface area contributed by atoms with Crippen molar-refractivity contribution in [2.45, 2.75) is 20.3 Å². The van der Waals surface area contributed by atoms with Crippen LogP contribution in [0, 0.1) is 5.92 Å². The molecule has 0 unspecified atom stereocenters. The van der Waals surface area contributed by atoms with Crippen LogP contribution in [0.2, 0.25) is 0 Å². The summed E-state index contributed by atoms with van der Waals surface area (Å²) in [6, 6.07) is 17.4. The lowest BCUT2D eigenvalue weighted by molar-refractivity contribution is -0.0588. The summed E-state index contributed by atoms with van der Waals surface area (Å²) >= 11 is 0. The van der Waals surface area contributed by atoms with Gasteiger partial charge in [-0.2, -0.15) is 5.10 Å². The molecule has 0 radical (unpaired) electrons. The Morgan fingerprint density at radius 1 is 0.966 bits per heavy atom. The van der Waals surface area contributed by atoms with Gasteiger partial charge in [-0.3, -0.25) is 9.59 Å². The van der Waals surface area contributed by atoms with Gasteiger partial charge in [-0.15, -0.1) is 0 Å². The minimum Gasteiger partial charge on any atom is -0.322 e. The summed E-state index contributed by atoms with van der Waals surface area (Å²) in [7, 11) is 0. The van der Waals surface area contributed by atoms with Crippen LogP contribution in [-0.2, 0) is 11.3 Å². The number of benzene rings is 2. The first-order valence-corrected chi connectivity index (χ1v) is 9.30. The number of rotatable bonds is 5. The van der Waals surface area contributed by atoms with Crippen molar-refractivity contribution >= 4 is 17.8 Å². The van der Waals surface area contributed by atoms with Gasteiger partial charge >= 0.3 is 5.97 Å². The number of nitrogens with zero attached hydrogens (tertiary/aromatic N) is 3. The Bertz CT molecular complexity index is 1070. The zero-order chi connectivity index (χ0) is 20.5. The number of hydrogen-bond donors (Lipinski definition) is 0. The van der Waals surface area contributed by atoms with E-state index in [9.17, 15) is 14.4 Å². The van der Waals surface area contributed by atoms with Gasteiger partial charge in [0.2, 0.25) is 0 Å². The molecule has 1 aromatic heterocycles. The molecule has 0 N–H and O–H groups in total. The second-order valence-electron chi connectivity index (χ2n) is 7.20. The second kappa shape index (κ2) is 7.35. The topological polar surface area (TPSA) is 81.5 Å². The lowest BCUT2D eigenvalue weighted by Crippen LogP contribution is -2.32. The van der Waals surface area contributed by atoms with E-state index < -0.39 is 17.8 Å². The molecule has 146 valence electrons. The molecule has 0 saturated heterocycles. The van der Waals surface area contributed by atoms with E-state index in [0.717, 1.165) is 11.4 Å². The van der Waals surface area contributed by atoms with E-state index in [-0.39, 0.29) is 16.8 Å². The maximum atomic E-state index is 12.7. The lowest BCUT2D eigenvalue weighted by Gasteiger charge is -2.11. The minimum atomic E-state index is -0.862. The molecule has 1 aliphatic heterocycles. The van der Waals surface area contributed by atoms with Crippen LogP contribution < -0.4 is 0 Å². The molecule has 3 aromatic rings. The van der Waals surface area contributed by atoms with Gasteiger partial charge in [0.25, 0.3) is 11.8 Å². The standard InChI is InChI=1S/C22H19N3O4/c1-14(2)12-16-13-19(23-24(16)15-8-4-3-5-9-15)22(28)29-25-20(26)17-10-6-7-11-18(17)21(25)27/h3-11,13-14H,12H2,1-2H3. The lowest BCUT2D eigenvalue weighted by atomic mass is 10.1. The van der Waals surface area contributed by atoms with E-state index >= 15 is 0 Å². The fourth-order valence-corrected chi connectivity index (χ4v) is 3.26. The van der Waals surface area contributed by atoms with Crippen molar-refractivity contribution in [2.24, 2.45) is 5.92 Å². The summed E-state index contributed by atoms with van der Waals surface area (Å²) in [5, 5.41) is 4.86. The number of imide groups is 1. The highest BCUT2D eigenvalue weighted by Gasteiger charge is 2.39. The fraction of sp³-hybridized carbons (Fsp3) is 0.182. The third kappa shape index (κ3) is 3.42. The van der Waals surface area contributed by atoms with Gasteiger partial charge in [0.1, 0.15) is 0 Å². The predicted molar refractivity (Wildman–Crippen MR) is 104 cm³/mol. The van der Waals surface area contributed by atoms with Crippen LogP contribution in [-0.4, -0.2) is 32.6 Å². The first kappa shape index (κ1) is 18.6. The Morgan fingerprint density at radius 2 is 1.55 bits per heavy atom. The number of hydroxylamine groups is 2. The van der Waals surface area contributed by atoms with Gasteiger partial charge in [0.05, 0.1) is 16.8 Å². The third-order valence-corrected chi connectivity index (χ3v) is 4.54. The fourth-order valence-electron chi connectivity index (χ4n) is 3.26. The number of carbonyl (C=O) groups is 3. The first-order chi connectivity index (χ1) is 14.0. The quantitative estimate of drug-likeness (QED) is 0.625. The number of carbonyl (C=O) groups excluding carboxylic acids is 3. The summed E-state index contributed by atoms with van der Waals surface area (Å²) in [6.45, 7) is 4.14. The van der Waals surface area contributed by atoms with Crippen molar-refractivity contribution in [3.8, 4) is 5.69 Å². The van der Waals surface area contributed by atoms with Crippen molar-refractivity contribution in [2.75, 3.05) is 0 Å². The third-order valence-electron chi connectivity index (χ3n) is 4.54. The van der Waals surface area contributed by atoms with Crippen LogP contribution in [0.25, 0.3) is 5.69 Å². The average molecular weight is 389 g/mol. The van der Waals surface area contributed by atoms with Crippen LogP contribution in [0.4, 0.5) is 0 Å². The van der Waals surface area contributed by atoms with Crippen LogP contribution in [0.1, 0.15) is 50.7 Å². The zero-order valence-electron chi connectivity index (χ0n) is 16.0. The molecule has 2 amide bonds. The molecule has 2 heterocycles. The Balaban J connectivity index is 1.62. The van der Waals surface area contributed by atoms with E-state index in [0.29, 0.717) is 17.4 Å². The zero-order valence-corrected chi connectivity index (χ0v) is 16.0. The summed E-state index contributed by atoms with van der Waals surface area (Å²) < 4.78 is 1.68. The maximum Gasteiger partial charge on any atom is 0.384 e. The van der Waals surface area contributed by atoms with E-state index in [2.05, 4.69) is 18.9 Å². The molecular formula is C22H19N3O4. The molecule has 0 saturated carbocycles. The van der Waals surface area contributed by atoms with Crippen LogP contribution >= 0.6 is 0 Å². The van der Waals surface area contributed by atoms with Crippen molar-refractivity contribution in [1.29, 1.82) is 0 Å². The molecule has 4 rings (SSSR count). The normalized spacial score (nSPS) is 13.1. The highest BCUT2D eigenvalue weighted by Crippen LogP contribution is 2.24. The van der Waals surface area contributed by atoms with Crippen molar-refractivity contribution in [3.05, 3.63) is 83.2 Å². The molecule has 7 heteroatoms. The number of hydrogen-bond acceptors (Lipinski definition) is 5. The van der Waals surface area contributed by atoms with Gasteiger partial charge in [-0.05, 0) is 42.7 Å². The minimum absolute atomic E-state index is 0.0288. The van der Waals surface area contributed by atoms with Gasteiger partial charge in [0.15, 0.2) is 5.69 Å². The SMILES string of the molecule is CC(C)Cc1cc(C(=O)ON2C(=O)c3ccccc3C2=O)nn1-c1ccccc1. The monoisotopic (exact) mass is 389 g/mol. The Hall–Kier alpha value is -3.74. The Labute approximate surface area is 167 Å². The first-order valence-electron chi connectivity index (χ1n) is 9.30. The summed E-state index contributed by atoms with van der Waals surface area (Å²) in [5.74, 6) is -1.85. The second-order valence-corrected chi connectivity index (χ2v) is 7.20. The summed E-state index contributed by atoms with van der Waals surface area (Å²) in [6.07, 6.45) is 0.697. The molecule has 0 fully saturated rings. The number of amides is 2. The van der Waals surface area contributed by atoms with E-state index in [1.807, 2.05) is 30.3 Å². The molecule has 29 heavy (non-hydrogen) atoms. The van der Waals surface area contributed by atoms with Gasteiger partial charge < -0.3 is 4.84 Å². The van der Waals surface area contributed by atoms with E-state index in [4.69, 9.17) is 4.84 Å². The predicted octanol–water partition coefficient (Wildman–Crippen LogP) is 3.44. The van der Waals surface area contributed by atoms with E-state index in [1.165, 1.54) is 12.1 Å². The highest BCUT2D eigenvalue weighted by molar-refractivity contribution is 6.21. The Kier molecular flexibility index (Phi) is 4.72. The molecule has 2 aromatic carbocycles. The van der Waals surface area contributed by atoms with Crippen molar-refractivity contribution in [1.82, 2.24) is 14.8 Å². The average Bonchev–Trinajstić information content (AvgIpc) is 3.24. The van der Waals surface area contributed by atoms with Gasteiger partial charge in [-0.25, -0.2) is 9.48 Å². The van der Waals surface area contributed by atoms with Crippen molar-refractivity contribution < 1.29 is 19.2 Å². The molecule has 7 nitrogen and oxygen atoms in total. The maximum absolute atomic E-state index is 12.7. The largest absolute Gasteiger partial charge is 0.384 e. The molecule has 0 bridgehead atoms. The Morgan fingerprint density at radius 3 is 2.14 bits per heavy atom. The molecule has 0 spiro atoms. The summed E-state index contributed by atoms with van der Waals surface area (Å²) in [4.78, 5) is 42.6. The van der Waals surface area contributed by atoms with E-state index in [1.54, 1.807) is 22.9 Å². The molecule has 0 atom stereocenters. The van der Waals surface area contributed by atoms with Gasteiger partial charge in [-0.1, -0.05) is 49.2 Å². The van der Waals surface area contributed by atoms with Gasteiger partial charge in [0, 0.05) is 5.69 Å². The number of aromatic nitrogens is 2. The van der Waals surface area contributed by atoms with Crippen LogP contribution in [0.5, 0.6) is 0 Å². The number of fused-ring (bicyclic) bond motifs is 1. The van der Waals surface area contributed by atoms with Crippen LogP contribution in [0.3, 0.4) is 0 Å². The molecular weight excluding hydrogens is 370 g/mol. The number of para-hydroxylation sites is 1. The molecule has 1 aliphatic rings. The van der Waals surface area contributed by atoms with Crippen molar-refractivity contribution in [3.63, 3.8) is 0 Å². The van der Waals surface area contributed by atoms with Crippen LogP contribution in [0.15, 0.2) is 60.7 Å². The highest BCUT2D eigenvalue weighted by atomic mass is 16.7. The molecule has 0 aliphatic carbocycles. The summed E-state index contributed by atoms with van der Waals surface area (Å²) in [5.41, 5.74) is 2.09.